The van der Waals surface area contributed by atoms with Gasteiger partial charge in [0.15, 0.2) is 0 Å². The Morgan fingerprint density at radius 1 is 0.912 bits per heavy atom. The zero-order chi connectivity index (χ0) is 24.2. The first kappa shape index (κ1) is 22.7. The number of hydrazone groups is 1. The molecule has 1 aliphatic rings. The minimum absolute atomic E-state index is 0.0356. The number of nitro groups is 2. The van der Waals surface area contributed by atoms with Crippen LogP contribution in [0, 0.1) is 20.2 Å². The third kappa shape index (κ3) is 4.81. The quantitative estimate of drug-likeness (QED) is 0.295. The Morgan fingerprint density at radius 2 is 1.47 bits per heavy atom. The molecule has 0 aliphatic carbocycles. The van der Waals surface area contributed by atoms with Crippen LogP contribution in [-0.4, -0.2) is 37.9 Å². The largest absolute Gasteiger partial charge is 0.271 e. The number of carbonyl (C=O) groups is 1. The zero-order valence-electron chi connectivity index (χ0n) is 18.3. The van der Waals surface area contributed by atoms with Gasteiger partial charge in [0.25, 0.3) is 17.3 Å². The molecule has 10 heteroatoms. The molecular weight excluding hydrogens is 438 g/mol. The minimum atomic E-state index is -0.568. The van der Waals surface area contributed by atoms with E-state index in [0.29, 0.717) is 23.4 Å². The van der Waals surface area contributed by atoms with E-state index < -0.39 is 16.0 Å². The van der Waals surface area contributed by atoms with Crippen molar-refractivity contribution in [3.8, 4) is 0 Å². The van der Waals surface area contributed by atoms with Crippen LogP contribution in [0.3, 0.4) is 0 Å². The summed E-state index contributed by atoms with van der Waals surface area (Å²) < 4.78 is 0. The molecule has 10 nitrogen and oxygen atoms in total. The molecule has 1 saturated heterocycles. The molecule has 1 heterocycles. The topological polar surface area (TPSA) is 122 Å². The molecule has 1 amide bonds. The Kier molecular flexibility index (Phi) is 6.42. The van der Waals surface area contributed by atoms with E-state index >= 15 is 0 Å². The number of amides is 1. The normalized spacial score (nSPS) is 16.6. The van der Waals surface area contributed by atoms with Crippen molar-refractivity contribution in [2.75, 3.05) is 6.54 Å². The van der Waals surface area contributed by atoms with Crippen molar-refractivity contribution in [3.63, 3.8) is 0 Å². The first-order valence-corrected chi connectivity index (χ1v) is 10.5. The maximum absolute atomic E-state index is 13.0. The molecular formula is C24H21N5O5. The van der Waals surface area contributed by atoms with Crippen LogP contribution in [0.5, 0.6) is 0 Å². The van der Waals surface area contributed by atoms with Gasteiger partial charge in [0, 0.05) is 30.8 Å². The summed E-state index contributed by atoms with van der Waals surface area (Å²) in [4.78, 5) is 36.0. The molecule has 0 radical (unpaired) electrons. The fourth-order valence-electron chi connectivity index (χ4n) is 3.86. The summed E-state index contributed by atoms with van der Waals surface area (Å²) in [6.07, 6.45) is -0.568. The van der Waals surface area contributed by atoms with Crippen LogP contribution in [-0.2, 0) is 11.3 Å². The van der Waals surface area contributed by atoms with Crippen molar-refractivity contribution in [3.05, 3.63) is 116 Å². The highest BCUT2D eigenvalue weighted by molar-refractivity contribution is 5.99. The summed E-state index contributed by atoms with van der Waals surface area (Å²) in [5, 5.41) is 28.0. The molecule has 3 aromatic rings. The van der Waals surface area contributed by atoms with Crippen LogP contribution in [0.2, 0.25) is 0 Å². The van der Waals surface area contributed by atoms with Crippen molar-refractivity contribution in [1.82, 2.24) is 9.91 Å². The van der Waals surface area contributed by atoms with Crippen molar-refractivity contribution >= 4 is 23.0 Å². The molecule has 34 heavy (non-hydrogen) atoms. The highest BCUT2D eigenvalue weighted by Crippen LogP contribution is 2.33. The summed E-state index contributed by atoms with van der Waals surface area (Å²) in [6.45, 7) is 2.33. The van der Waals surface area contributed by atoms with Gasteiger partial charge in [0.1, 0.15) is 6.17 Å². The Morgan fingerprint density at radius 3 is 2.03 bits per heavy atom. The maximum atomic E-state index is 13.0. The lowest BCUT2D eigenvalue weighted by Crippen LogP contribution is -2.29. The van der Waals surface area contributed by atoms with E-state index in [9.17, 15) is 25.0 Å². The van der Waals surface area contributed by atoms with Gasteiger partial charge in [-0.15, -0.1) is 0 Å². The molecule has 0 N–H and O–H groups in total. The SMILES string of the molecule is C/C(=N/N1C(=O)CN(Cc2ccccc2)[C@H]1c1ccc([N+](=O)[O-])cc1)c1ccc([N+](=O)[O-])cc1. The lowest BCUT2D eigenvalue weighted by atomic mass is 10.1. The lowest BCUT2D eigenvalue weighted by molar-refractivity contribution is -0.385. The molecule has 3 aromatic carbocycles. The van der Waals surface area contributed by atoms with E-state index in [0.717, 1.165) is 5.56 Å². The molecule has 0 spiro atoms. The third-order valence-electron chi connectivity index (χ3n) is 5.56. The van der Waals surface area contributed by atoms with E-state index in [2.05, 4.69) is 5.10 Å². The number of non-ortho nitro benzene ring substituents is 2. The fourth-order valence-corrected chi connectivity index (χ4v) is 3.86. The first-order chi connectivity index (χ1) is 16.3. The summed E-state index contributed by atoms with van der Waals surface area (Å²) in [5.41, 5.74) is 2.78. The predicted octanol–water partition coefficient (Wildman–Crippen LogP) is 4.27. The monoisotopic (exact) mass is 459 g/mol. The smallest absolute Gasteiger partial charge is 0.269 e. The molecule has 0 aromatic heterocycles. The Balaban J connectivity index is 1.69. The molecule has 4 rings (SSSR count). The second kappa shape index (κ2) is 9.59. The molecule has 1 fully saturated rings. The first-order valence-electron chi connectivity index (χ1n) is 10.5. The molecule has 1 atom stereocenters. The van der Waals surface area contributed by atoms with Crippen molar-refractivity contribution < 1.29 is 14.6 Å². The second-order valence-electron chi connectivity index (χ2n) is 7.84. The number of nitro benzene ring substituents is 2. The average Bonchev–Trinajstić information content (AvgIpc) is 3.14. The maximum Gasteiger partial charge on any atom is 0.269 e. The Labute approximate surface area is 195 Å². The van der Waals surface area contributed by atoms with E-state index in [1.165, 1.54) is 29.3 Å². The van der Waals surface area contributed by atoms with Crippen LogP contribution < -0.4 is 0 Å². The number of hydrogen-bond donors (Lipinski definition) is 0. The van der Waals surface area contributed by atoms with Gasteiger partial charge in [0.2, 0.25) is 0 Å². The van der Waals surface area contributed by atoms with Crippen LogP contribution in [0.15, 0.2) is 84.0 Å². The standard InChI is InChI=1S/C24H21N5O5/c1-17(19-7-11-21(12-8-19)28(31)32)25-27-23(30)16-26(15-18-5-3-2-4-6-18)24(27)20-9-13-22(14-10-20)29(33)34/h2-14,24H,15-16H2,1H3/b25-17-/t24-/m1/s1. The second-order valence-corrected chi connectivity index (χ2v) is 7.84. The summed E-state index contributed by atoms with van der Waals surface area (Å²) in [7, 11) is 0. The highest BCUT2D eigenvalue weighted by Gasteiger charge is 2.39. The number of nitrogens with zero attached hydrogens (tertiary/aromatic N) is 5. The summed E-state index contributed by atoms with van der Waals surface area (Å²) in [5.74, 6) is -0.222. The average molecular weight is 459 g/mol. The van der Waals surface area contributed by atoms with E-state index in [4.69, 9.17) is 0 Å². The molecule has 0 saturated carbocycles. The van der Waals surface area contributed by atoms with Gasteiger partial charge in [-0.2, -0.15) is 5.10 Å². The third-order valence-corrected chi connectivity index (χ3v) is 5.56. The number of benzene rings is 3. The minimum Gasteiger partial charge on any atom is -0.271 e. The zero-order valence-corrected chi connectivity index (χ0v) is 18.3. The number of rotatable bonds is 7. The molecule has 0 unspecified atom stereocenters. The van der Waals surface area contributed by atoms with E-state index in [1.807, 2.05) is 35.2 Å². The molecule has 172 valence electrons. The summed E-state index contributed by atoms with van der Waals surface area (Å²) in [6, 6.07) is 21.7. The fraction of sp³-hybridized carbons (Fsp3) is 0.167. The van der Waals surface area contributed by atoms with Crippen molar-refractivity contribution in [2.24, 2.45) is 5.10 Å². The predicted molar refractivity (Wildman–Crippen MR) is 125 cm³/mol. The number of carbonyl (C=O) groups excluding carboxylic acids is 1. The van der Waals surface area contributed by atoms with Gasteiger partial charge in [0.05, 0.1) is 22.1 Å². The van der Waals surface area contributed by atoms with Crippen molar-refractivity contribution in [1.29, 1.82) is 0 Å². The summed E-state index contributed by atoms with van der Waals surface area (Å²) >= 11 is 0. The van der Waals surface area contributed by atoms with Gasteiger partial charge in [-0.05, 0) is 47.9 Å². The molecule has 1 aliphatic heterocycles. The van der Waals surface area contributed by atoms with Crippen LogP contribution >= 0.6 is 0 Å². The van der Waals surface area contributed by atoms with Crippen LogP contribution in [0.4, 0.5) is 11.4 Å². The lowest BCUT2D eigenvalue weighted by Gasteiger charge is -2.28. The van der Waals surface area contributed by atoms with Crippen LogP contribution in [0.1, 0.15) is 29.8 Å². The van der Waals surface area contributed by atoms with Gasteiger partial charge < -0.3 is 0 Å². The van der Waals surface area contributed by atoms with Crippen molar-refractivity contribution in [2.45, 2.75) is 19.6 Å². The Hall–Kier alpha value is -4.44. The van der Waals surface area contributed by atoms with Gasteiger partial charge in [-0.3, -0.25) is 29.9 Å². The molecule has 0 bridgehead atoms. The van der Waals surface area contributed by atoms with Gasteiger partial charge in [-0.25, -0.2) is 5.01 Å². The van der Waals surface area contributed by atoms with E-state index in [1.54, 1.807) is 31.2 Å². The van der Waals surface area contributed by atoms with E-state index in [-0.39, 0.29) is 23.8 Å². The Bertz CT molecular complexity index is 1240. The van der Waals surface area contributed by atoms with Gasteiger partial charge in [-0.1, -0.05) is 30.3 Å². The highest BCUT2D eigenvalue weighted by atomic mass is 16.6. The van der Waals surface area contributed by atoms with Crippen LogP contribution in [0.25, 0.3) is 0 Å². The van der Waals surface area contributed by atoms with Gasteiger partial charge >= 0.3 is 0 Å². The number of hydrogen-bond acceptors (Lipinski definition) is 7.